The van der Waals surface area contributed by atoms with Gasteiger partial charge in [0.2, 0.25) is 0 Å². The molecule has 11 heteroatoms. The van der Waals surface area contributed by atoms with Gasteiger partial charge in [0, 0.05) is 0 Å². The van der Waals surface area contributed by atoms with Gasteiger partial charge in [0.25, 0.3) is 5.56 Å². The normalized spacial score (nSPS) is 14.7. The van der Waals surface area contributed by atoms with Gasteiger partial charge in [-0.05, 0) is 79.9 Å². The first-order chi connectivity index (χ1) is 20.7. The average molecular weight is 642 g/mol. The smallest absolute Gasteiger partial charge is 0.338 e. The van der Waals surface area contributed by atoms with E-state index in [0.717, 1.165) is 5.56 Å². The quantitative estimate of drug-likeness (QED) is 0.203. The number of halogens is 3. The van der Waals surface area contributed by atoms with Crippen LogP contribution >= 0.6 is 34.5 Å². The van der Waals surface area contributed by atoms with Crippen LogP contribution < -0.4 is 24.4 Å². The Bertz CT molecular complexity index is 1900. The molecule has 43 heavy (non-hydrogen) atoms. The largest absolute Gasteiger partial charge is 0.490 e. The molecule has 1 aliphatic heterocycles. The van der Waals surface area contributed by atoms with E-state index in [-0.39, 0.29) is 24.3 Å². The molecule has 1 aromatic heterocycles. The fourth-order valence-electron chi connectivity index (χ4n) is 4.70. The number of fused-ring (bicyclic) bond motifs is 1. The predicted molar refractivity (Wildman–Crippen MR) is 165 cm³/mol. The van der Waals surface area contributed by atoms with Crippen LogP contribution in [0.5, 0.6) is 11.5 Å². The van der Waals surface area contributed by atoms with E-state index in [1.807, 2.05) is 19.1 Å². The van der Waals surface area contributed by atoms with Gasteiger partial charge in [-0.3, -0.25) is 9.36 Å². The zero-order valence-electron chi connectivity index (χ0n) is 23.5. The van der Waals surface area contributed by atoms with Gasteiger partial charge < -0.3 is 14.2 Å². The van der Waals surface area contributed by atoms with Crippen molar-refractivity contribution < 1.29 is 23.4 Å². The van der Waals surface area contributed by atoms with Crippen LogP contribution in [0.25, 0.3) is 6.08 Å². The maximum atomic E-state index is 13.8. The number of carbonyl (C=O) groups is 1. The maximum Gasteiger partial charge on any atom is 0.338 e. The van der Waals surface area contributed by atoms with Crippen molar-refractivity contribution in [3.8, 4) is 11.5 Å². The molecule has 0 saturated carbocycles. The van der Waals surface area contributed by atoms with Crippen molar-refractivity contribution in [3.63, 3.8) is 0 Å². The van der Waals surface area contributed by atoms with Gasteiger partial charge in [0.05, 0.1) is 45.1 Å². The van der Waals surface area contributed by atoms with Crippen LogP contribution in [0.2, 0.25) is 10.0 Å². The molecule has 0 amide bonds. The fraction of sp³-hybridized carbons (Fsp3) is 0.219. The Balaban J connectivity index is 1.54. The van der Waals surface area contributed by atoms with E-state index in [1.165, 1.54) is 28.0 Å². The van der Waals surface area contributed by atoms with E-state index in [9.17, 15) is 14.0 Å². The summed E-state index contributed by atoms with van der Waals surface area (Å²) in [4.78, 5) is 31.9. The summed E-state index contributed by atoms with van der Waals surface area (Å²) in [5, 5.41) is 0.905. The summed E-state index contributed by atoms with van der Waals surface area (Å²) in [6.45, 7) is 6.08. The molecule has 3 aromatic carbocycles. The molecule has 1 atom stereocenters. The van der Waals surface area contributed by atoms with E-state index in [0.29, 0.717) is 54.3 Å². The van der Waals surface area contributed by atoms with Crippen LogP contribution in [0.15, 0.2) is 81.7 Å². The van der Waals surface area contributed by atoms with Crippen molar-refractivity contribution in [3.05, 3.63) is 124 Å². The van der Waals surface area contributed by atoms with Crippen LogP contribution in [-0.4, -0.2) is 23.8 Å². The molecule has 0 bridgehead atoms. The third-order valence-electron chi connectivity index (χ3n) is 6.65. The highest BCUT2D eigenvalue weighted by Gasteiger charge is 2.33. The Kier molecular flexibility index (Phi) is 9.34. The molecular weight excluding hydrogens is 614 g/mol. The minimum Gasteiger partial charge on any atom is -0.490 e. The Hall–Kier alpha value is -3.92. The lowest BCUT2D eigenvalue weighted by Crippen LogP contribution is -2.39. The first kappa shape index (κ1) is 30.5. The van der Waals surface area contributed by atoms with Gasteiger partial charge in [0.15, 0.2) is 16.3 Å². The van der Waals surface area contributed by atoms with Gasteiger partial charge >= 0.3 is 5.97 Å². The van der Waals surface area contributed by atoms with Crippen LogP contribution in [0.4, 0.5) is 4.39 Å². The second kappa shape index (κ2) is 13.2. The molecule has 2 heterocycles. The molecule has 0 N–H and O–H groups in total. The monoisotopic (exact) mass is 640 g/mol. The molecule has 0 aliphatic carbocycles. The molecule has 0 radical (unpaired) electrons. The van der Waals surface area contributed by atoms with Gasteiger partial charge in [0.1, 0.15) is 12.4 Å². The second-order valence-corrected chi connectivity index (χ2v) is 11.4. The minimum absolute atomic E-state index is 0.158. The SMILES string of the molecule is CCOC(=O)C1=C(C)N=c2s/c(=C\c3ccc(OCc4ccc(Cl)c(Cl)c4)c(OCC)c3)c(=O)n2[C@@H]1c1ccc(F)cc1. The lowest BCUT2D eigenvalue weighted by Gasteiger charge is -2.24. The third kappa shape index (κ3) is 6.54. The minimum atomic E-state index is -0.825. The first-order valence-corrected chi connectivity index (χ1v) is 15.1. The summed E-state index contributed by atoms with van der Waals surface area (Å²) in [5.41, 5.74) is 2.43. The third-order valence-corrected chi connectivity index (χ3v) is 8.37. The molecule has 1 aliphatic rings. The van der Waals surface area contributed by atoms with Crippen molar-refractivity contribution in [2.75, 3.05) is 13.2 Å². The summed E-state index contributed by atoms with van der Waals surface area (Å²) in [7, 11) is 0. The van der Waals surface area contributed by atoms with Gasteiger partial charge in [-0.25, -0.2) is 14.2 Å². The lowest BCUT2D eigenvalue weighted by molar-refractivity contribution is -0.139. The highest BCUT2D eigenvalue weighted by atomic mass is 35.5. The van der Waals surface area contributed by atoms with Crippen molar-refractivity contribution >= 4 is 46.6 Å². The Morgan fingerprint density at radius 2 is 1.77 bits per heavy atom. The Morgan fingerprint density at radius 1 is 1.00 bits per heavy atom. The number of carbonyl (C=O) groups excluding carboxylic acids is 1. The summed E-state index contributed by atoms with van der Waals surface area (Å²) in [5.74, 6) is 0.0282. The highest BCUT2D eigenvalue weighted by molar-refractivity contribution is 7.07. The van der Waals surface area contributed by atoms with Crippen LogP contribution in [0, 0.1) is 5.82 Å². The van der Waals surface area contributed by atoms with Crippen molar-refractivity contribution in [2.24, 2.45) is 4.99 Å². The molecule has 0 fully saturated rings. The molecule has 5 rings (SSSR count). The van der Waals surface area contributed by atoms with Crippen molar-refractivity contribution in [2.45, 2.75) is 33.4 Å². The number of benzene rings is 3. The van der Waals surface area contributed by atoms with Crippen molar-refractivity contribution in [1.29, 1.82) is 0 Å². The number of nitrogens with zero attached hydrogens (tertiary/aromatic N) is 2. The molecule has 4 aromatic rings. The zero-order valence-corrected chi connectivity index (χ0v) is 25.9. The van der Waals surface area contributed by atoms with E-state index < -0.39 is 17.8 Å². The Morgan fingerprint density at radius 3 is 2.47 bits per heavy atom. The van der Waals surface area contributed by atoms with E-state index in [2.05, 4.69) is 4.99 Å². The predicted octanol–water partition coefficient (Wildman–Crippen LogP) is 6.22. The number of hydrogen-bond acceptors (Lipinski definition) is 7. The standard InChI is InChI=1S/C32H27Cl2FN2O5S/c1-4-40-26-15-19(7-13-25(26)42-17-20-6-12-23(33)24(34)14-20)16-27-30(38)37-29(21-8-10-22(35)11-9-21)28(31(39)41-5-2)18(3)36-32(37)43-27/h6-16,29H,4-5,17H2,1-3H3/b27-16-/t29-/m1/s1. The molecule has 0 unspecified atom stereocenters. The number of esters is 1. The second-order valence-electron chi connectivity index (χ2n) is 9.53. The number of aromatic nitrogens is 1. The molecule has 7 nitrogen and oxygen atoms in total. The van der Waals surface area contributed by atoms with E-state index in [4.69, 9.17) is 37.4 Å². The Labute approximate surface area is 261 Å². The van der Waals surface area contributed by atoms with Crippen LogP contribution in [-0.2, 0) is 16.1 Å². The first-order valence-electron chi connectivity index (χ1n) is 13.5. The number of thiazole rings is 1. The van der Waals surface area contributed by atoms with Crippen molar-refractivity contribution in [1.82, 2.24) is 4.57 Å². The highest BCUT2D eigenvalue weighted by Crippen LogP contribution is 2.32. The topological polar surface area (TPSA) is 79.1 Å². The van der Waals surface area contributed by atoms with Gasteiger partial charge in [-0.1, -0.05) is 58.8 Å². The summed E-state index contributed by atoms with van der Waals surface area (Å²) in [6, 6.07) is 15.5. The van der Waals surface area contributed by atoms with E-state index >= 15 is 0 Å². The van der Waals surface area contributed by atoms with Gasteiger partial charge in [-0.2, -0.15) is 0 Å². The summed E-state index contributed by atoms with van der Waals surface area (Å²) >= 11 is 13.3. The van der Waals surface area contributed by atoms with Gasteiger partial charge in [-0.15, -0.1) is 0 Å². The number of allylic oxidation sites excluding steroid dienone is 1. The molecular formula is C32H27Cl2FN2O5S. The number of hydrogen-bond donors (Lipinski definition) is 0. The number of rotatable bonds is 9. The molecule has 0 spiro atoms. The molecule has 0 saturated heterocycles. The average Bonchev–Trinajstić information content (AvgIpc) is 3.28. The summed E-state index contributed by atoms with van der Waals surface area (Å²) in [6.07, 6.45) is 1.74. The molecule has 222 valence electrons. The van der Waals surface area contributed by atoms with Crippen LogP contribution in [0.3, 0.4) is 0 Å². The number of ether oxygens (including phenoxy) is 3. The maximum absolute atomic E-state index is 13.8. The van der Waals surface area contributed by atoms with Crippen LogP contribution in [0.1, 0.15) is 43.5 Å². The zero-order chi connectivity index (χ0) is 30.7. The lowest BCUT2D eigenvalue weighted by atomic mass is 9.96. The summed E-state index contributed by atoms with van der Waals surface area (Å²) < 4.78 is 32.8. The fourth-order valence-corrected chi connectivity index (χ4v) is 6.06. The van der Waals surface area contributed by atoms with E-state index in [1.54, 1.807) is 56.3 Å².